The number of rotatable bonds is 5. The van der Waals surface area contributed by atoms with Gasteiger partial charge in [0.05, 0.1) is 24.1 Å². The number of ether oxygens (including phenoxy) is 1. The maximum atomic E-state index is 12.4. The fourth-order valence-corrected chi connectivity index (χ4v) is 2.97. The molecule has 1 amide bonds. The van der Waals surface area contributed by atoms with E-state index in [1.807, 2.05) is 44.2 Å². The third kappa shape index (κ3) is 3.19. The fourth-order valence-electron chi connectivity index (χ4n) is 2.97. The Morgan fingerprint density at radius 3 is 2.67 bits per heavy atom. The SMILES string of the molecule is CC(C)O[C@H]1C[C@@H](NC(=O)c2cnn(-c3ccccc3)n2)C1(C)C. The van der Waals surface area contributed by atoms with Crippen LogP contribution in [0.2, 0.25) is 0 Å². The minimum atomic E-state index is -0.196. The van der Waals surface area contributed by atoms with Crippen molar-refractivity contribution in [3.8, 4) is 5.69 Å². The van der Waals surface area contributed by atoms with Crippen molar-refractivity contribution in [1.29, 1.82) is 0 Å². The molecular formula is C18H24N4O2. The summed E-state index contributed by atoms with van der Waals surface area (Å²) in [5.74, 6) is -0.196. The normalized spacial score (nSPS) is 22.2. The van der Waals surface area contributed by atoms with Crippen molar-refractivity contribution in [2.75, 3.05) is 0 Å². The molecule has 1 aromatic carbocycles. The Kier molecular flexibility index (Phi) is 4.41. The topological polar surface area (TPSA) is 69.0 Å². The molecule has 0 spiro atoms. The first kappa shape index (κ1) is 16.6. The monoisotopic (exact) mass is 328 g/mol. The van der Waals surface area contributed by atoms with Crippen LogP contribution in [0.3, 0.4) is 0 Å². The average Bonchev–Trinajstić information content (AvgIpc) is 3.04. The number of hydrogen-bond acceptors (Lipinski definition) is 4. The summed E-state index contributed by atoms with van der Waals surface area (Å²) in [5, 5.41) is 11.5. The first-order valence-electron chi connectivity index (χ1n) is 8.32. The van der Waals surface area contributed by atoms with E-state index in [4.69, 9.17) is 4.74 Å². The lowest BCUT2D eigenvalue weighted by molar-refractivity contribution is -0.136. The van der Waals surface area contributed by atoms with Gasteiger partial charge in [0.15, 0.2) is 5.69 Å². The molecule has 2 aromatic rings. The molecule has 1 heterocycles. The molecule has 0 unspecified atom stereocenters. The average molecular weight is 328 g/mol. The molecule has 6 heteroatoms. The largest absolute Gasteiger partial charge is 0.375 e. The standard InChI is InChI=1S/C18H24N4O2/c1-12(2)24-16-10-15(18(16,3)4)20-17(23)14-11-19-22(21-14)13-8-6-5-7-9-13/h5-9,11-12,15-16H,10H2,1-4H3,(H,20,23)/t15-,16+/m1/s1. The number of nitrogens with zero attached hydrogens (tertiary/aromatic N) is 3. The van der Waals surface area contributed by atoms with E-state index in [0.29, 0.717) is 5.69 Å². The molecular weight excluding hydrogens is 304 g/mol. The van der Waals surface area contributed by atoms with Gasteiger partial charge in [-0.1, -0.05) is 32.0 Å². The van der Waals surface area contributed by atoms with Gasteiger partial charge in [-0.2, -0.15) is 9.90 Å². The highest BCUT2D eigenvalue weighted by Crippen LogP contribution is 2.43. The van der Waals surface area contributed by atoms with Gasteiger partial charge >= 0.3 is 0 Å². The highest BCUT2D eigenvalue weighted by Gasteiger charge is 2.50. The molecule has 6 nitrogen and oxygen atoms in total. The Hall–Kier alpha value is -2.21. The summed E-state index contributed by atoms with van der Waals surface area (Å²) in [5.41, 5.74) is 1.06. The first-order valence-corrected chi connectivity index (χ1v) is 8.32. The van der Waals surface area contributed by atoms with Crippen LogP contribution in [0.1, 0.15) is 44.6 Å². The molecule has 0 aliphatic heterocycles. The van der Waals surface area contributed by atoms with E-state index in [9.17, 15) is 4.79 Å². The summed E-state index contributed by atoms with van der Waals surface area (Å²) in [6.45, 7) is 8.30. The molecule has 0 bridgehead atoms. The smallest absolute Gasteiger partial charge is 0.273 e. The summed E-state index contributed by atoms with van der Waals surface area (Å²) < 4.78 is 5.90. The number of para-hydroxylation sites is 1. The van der Waals surface area contributed by atoms with Crippen molar-refractivity contribution in [3.05, 3.63) is 42.2 Å². The van der Waals surface area contributed by atoms with Crippen LogP contribution in [0, 0.1) is 5.41 Å². The van der Waals surface area contributed by atoms with E-state index >= 15 is 0 Å². The number of amides is 1. The Morgan fingerprint density at radius 2 is 2.04 bits per heavy atom. The number of carbonyl (C=O) groups excluding carboxylic acids is 1. The van der Waals surface area contributed by atoms with E-state index in [2.05, 4.69) is 29.4 Å². The second kappa shape index (κ2) is 6.36. The van der Waals surface area contributed by atoms with Gasteiger partial charge in [0.1, 0.15) is 0 Å². The molecule has 1 saturated carbocycles. The highest BCUT2D eigenvalue weighted by molar-refractivity contribution is 5.92. The molecule has 2 atom stereocenters. The summed E-state index contributed by atoms with van der Waals surface area (Å²) in [4.78, 5) is 13.9. The predicted octanol–water partition coefficient (Wildman–Crippen LogP) is 2.59. The van der Waals surface area contributed by atoms with Gasteiger partial charge in [0.2, 0.25) is 0 Å². The van der Waals surface area contributed by atoms with Crippen molar-refractivity contribution in [1.82, 2.24) is 20.3 Å². The second-order valence-electron chi connectivity index (χ2n) is 7.11. The minimum Gasteiger partial charge on any atom is -0.375 e. The van der Waals surface area contributed by atoms with Crippen molar-refractivity contribution in [3.63, 3.8) is 0 Å². The molecule has 24 heavy (non-hydrogen) atoms. The molecule has 1 N–H and O–H groups in total. The maximum Gasteiger partial charge on any atom is 0.273 e. The van der Waals surface area contributed by atoms with Crippen LogP contribution in [0.15, 0.2) is 36.5 Å². The quantitative estimate of drug-likeness (QED) is 0.916. The number of carbonyl (C=O) groups is 1. The zero-order chi connectivity index (χ0) is 17.3. The lowest BCUT2D eigenvalue weighted by Crippen LogP contribution is -2.62. The third-order valence-corrected chi connectivity index (χ3v) is 4.63. The van der Waals surface area contributed by atoms with E-state index in [1.165, 1.54) is 11.0 Å². The Bertz CT molecular complexity index is 709. The van der Waals surface area contributed by atoms with Gasteiger partial charge in [-0.3, -0.25) is 4.79 Å². The van der Waals surface area contributed by atoms with Crippen LogP contribution in [0.25, 0.3) is 5.69 Å². The van der Waals surface area contributed by atoms with E-state index < -0.39 is 0 Å². The van der Waals surface area contributed by atoms with Crippen molar-refractivity contribution < 1.29 is 9.53 Å². The van der Waals surface area contributed by atoms with Crippen molar-refractivity contribution in [2.45, 2.75) is 52.4 Å². The van der Waals surface area contributed by atoms with Crippen LogP contribution < -0.4 is 5.32 Å². The van der Waals surface area contributed by atoms with E-state index in [-0.39, 0.29) is 29.6 Å². The maximum absolute atomic E-state index is 12.4. The summed E-state index contributed by atoms with van der Waals surface area (Å²) in [6.07, 6.45) is 2.68. The number of aromatic nitrogens is 3. The Labute approximate surface area is 142 Å². The number of benzene rings is 1. The Morgan fingerprint density at radius 1 is 1.33 bits per heavy atom. The summed E-state index contributed by atoms with van der Waals surface area (Å²) >= 11 is 0. The minimum absolute atomic E-state index is 0.0793. The first-order chi connectivity index (χ1) is 11.4. The second-order valence-corrected chi connectivity index (χ2v) is 7.11. The number of nitrogens with one attached hydrogen (secondary N) is 1. The van der Waals surface area contributed by atoms with Crippen LogP contribution in [-0.4, -0.2) is 39.2 Å². The fraction of sp³-hybridized carbons (Fsp3) is 0.500. The van der Waals surface area contributed by atoms with Gasteiger partial charge < -0.3 is 10.1 Å². The van der Waals surface area contributed by atoms with Gasteiger partial charge in [-0.15, -0.1) is 5.10 Å². The highest BCUT2D eigenvalue weighted by atomic mass is 16.5. The van der Waals surface area contributed by atoms with Gasteiger partial charge in [0, 0.05) is 11.5 Å². The predicted molar refractivity (Wildman–Crippen MR) is 91.0 cm³/mol. The molecule has 1 fully saturated rings. The molecule has 1 aliphatic rings. The molecule has 1 aromatic heterocycles. The molecule has 0 radical (unpaired) electrons. The van der Waals surface area contributed by atoms with Crippen LogP contribution >= 0.6 is 0 Å². The lowest BCUT2D eigenvalue weighted by atomic mass is 9.64. The van der Waals surface area contributed by atoms with E-state index in [0.717, 1.165) is 12.1 Å². The summed E-state index contributed by atoms with van der Waals surface area (Å²) in [7, 11) is 0. The van der Waals surface area contributed by atoms with Crippen LogP contribution in [0.5, 0.6) is 0 Å². The lowest BCUT2D eigenvalue weighted by Gasteiger charge is -2.52. The van der Waals surface area contributed by atoms with Crippen molar-refractivity contribution >= 4 is 5.91 Å². The molecule has 1 aliphatic carbocycles. The van der Waals surface area contributed by atoms with Gasteiger partial charge in [-0.05, 0) is 32.4 Å². The molecule has 0 saturated heterocycles. The van der Waals surface area contributed by atoms with Gasteiger partial charge in [-0.25, -0.2) is 0 Å². The number of hydrogen-bond donors (Lipinski definition) is 1. The van der Waals surface area contributed by atoms with Crippen molar-refractivity contribution in [2.24, 2.45) is 5.41 Å². The van der Waals surface area contributed by atoms with Gasteiger partial charge in [0.25, 0.3) is 5.91 Å². The molecule has 3 rings (SSSR count). The Balaban J connectivity index is 1.63. The summed E-state index contributed by atoms with van der Waals surface area (Å²) in [6, 6.07) is 9.61. The molecule has 128 valence electrons. The zero-order valence-corrected chi connectivity index (χ0v) is 14.6. The van der Waals surface area contributed by atoms with Crippen LogP contribution in [-0.2, 0) is 4.74 Å². The van der Waals surface area contributed by atoms with E-state index in [1.54, 1.807) is 0 Å². The third-order valence-electron chi connectivity index (χ3n) is 4.63. The zero-order valence-electron chi connectivity index (χ0n) is 14.6. The van der Waals surface area contributed by atoms with Crippen LogP contribution in [0.4, 0.5) is 0 Å².